The Hall–Kier alpha value is -2.87. The molecule has 0 aliphatic heterocycles. The molecular formula is C22H17ClN4OS2. The van der Waals surface area contributed by atoms with Crippen LogP contribution in [0.1, 0.15) is 5.56 Å². The number of nitrogens with zero attached hydrogens (tertiary/aromatic N) is 2. The summed E-state index contributed by atoms with van der Waals surface area (Å²) in [4.78, 5) is 13.3. The second-order valence-electron chi connectivity index (χ2n) is 6.27. The summed E-state index contributed by atoms with van der Waals surface area (Å²) in [6.45, 7) is 0. The van der Waals surface area contributed by atoms with Crippen molar-refractivity contribution in [2.45, 2.75) is 10.6 Å². The van der Waals surface area contributed by atoms with E-state index in [4.69, 9.17) is 11.6 Å². The molecule has 0 unspecified atom stereocenters. The third-order valence-corrected chi connectivity index (χ3v) is 6.37. The molecular weight excluding hydrogens is 436 g/mol. The number of rotatable bonds is 6. The minimum absolute atomic E-state index is 0.353. The van der Waals surface area contributed by atoms with Gasteiger partial charge in [0.15, 0.2) is 5.01 Å². The van der Waals surface area contributed by atoms with Crippen LogP contribution < -0.4 is 10.6 Å². The van der Waals surface area contributed by atoms with E-state index in [1.54, 1.807) is 11.8 Å². The highest BCUT2D eigenvalue weighted by atomic mass is 35.5. The fourth-order valence-electron chi connectivity index (χ4n) is 2.67. The predicted octanol–water partition coefficient (Wildman–Crippen LogP) is 6.79. The van der Waals surface area contributed by atoms with Gasteiger partial charge < -0.3 is 5.32 Å². The number of carbonyl (C=O) groups is 1. The van der Waals surface area contributed by atoms with Crippen molar-refractivity contribution in [3.05, 3.63) is 89.4 Å². The Balaban J connectivity index is 1.44. The highest BCUT2D eigenvalue weighted by Crippen LogP contribution is 2.35. The molecule has 1 heterocycles. The van der Waals surface area contributed by atoms with Gasteiger partial charge >= 0.3 is 6.03 Å². The van der Waals surface area contributed by atoms with Gasteiger partial charge in [-0.05, 0) is 35.9 Å². The summed E-state index contributed by atoms with van der Waals surface area (Å²) < 4.78 is 0. The van der Waals surface area contributed by atoms with Crippen LogP contribution >= 0.6 is 34.7 Å². The molecule has 0 bridgehead atoms. The lowest BCUT2D eigenvalue weighted by atomic mass is 10.2. The molecule has 2 N–H and O–H groups in total. The van der Waals surface area contributed by atoms with E-state index in [2.05, 4.69) is 26.9 Å². The summed E-state index contributed by atoms with van der Waals surface area (Å²) in [5.41, 5.74) is 2.89. The molecule has 0 spiro atoms. The second-order valence-corrected chi connectivity index (χ2v) is 8.70. The normalized spacial score (nSPS) is 10.6. The number of urea groups is 1. The molecule has 4 aromatic rings. The van der Waals surface area contributed by atoms with E-state index in [0.29, 0.717) is 10.8 Å². The minimum atomic E-state index is -0.353. The molecule has 0 aliphatic carbocycles. The average molecular weight is 453 g/mol. The maximum Gasteiger partial charge on any atom is 0.325 e. The fourth-order valence-corrected chi connectivity index (χ4v) is 4.65. The minimum Gasteiger partial charge on any atom is -0.308 e. The maximum absolute atomic E-state index is 12.2. The van der Waals surface area contributed by atoms with Crippen molar-refractivity contribution < 1.29 is 4.79 Å². The number of benzene rings is 3. The summed E-state index contributed by atoms with van der Waals surface area (Å²) in [5.74, 6) is 0.817. The molecule has 0 fully saturated rings. The number of aromatic nitrogens is 2. The first-order valence-electron chi connectivity index (χ1n) is 9.10. The number of hydrogen-bond donors (Lipinski definition) is 2. The van der Waals surface area contributed by atoms with Crippen molar-refractivity contribution in [2.24, 2.45) is 0 Å². The molecule has 0 saturated carbocycles. The van der Waals surface area contributed by atoms with E-state index in [0.717, 1.165) is 26.2 Å². The van der Waals surface area contributed by atoms with Gasteiger partial charge in [-0.1, -0.05) is 71.5 Å². The molecule has 0 aliphatic rings. The topological polar surface area (TPSA) is 66.9 Å². The van der Waals surface area contributed by atoms with Crippen molar-refractivity contribution >= 4 is 51.5 Å². The smallest absolute Gasteiger partial charge is 0.308 e. The van der Waals surface area contributed by atoms with E-state index in [1.165, 1.54) is 16.9 Å². The van der Waals surface area contributed by atoms with Crippen molar-refractivity contribution in [1.29, 1.82) is 0 Å². The number of para-hydroxylation sites is 1. The first kappa shape index (κ1) is 20.4. The third-order valence-electron chi connectivity index (χ3n) is 4.10. The van der Waals surface area contributed by atoms with Gasteiger partial charge in [0.05, 0.1) is 0 Å². The lowest BCUT2D eigenvalue weighted by Gasteiger charge is -2.07. The monoisotopic (exact) mass is 452 g/mol. The number of halogens is 1. The van der Waals surface area contributed by atoms with Gasteiger partial charge in [-0.2, -0.15) is 0 Å². The summed E-state index contributed by atoms with van der Waals surface area (Å²) in [6.07, 6.45) is 0. The van der Waals surface area contributed by atoms with Gasteiger partial charge in [-0.15, -0.1) is 22.0 Å². The summed E-state index contributed by atoms with van der Waals surface area (Å²) in [6, 6.07) is 24.8. The van der Waals surface area contributed by atoms with Crippen molar-refractivity contribution in [1.82, 2.24) is 10.2 Å². The van der Waals surface area contributed by atoms with E-state index in [1.807, 2.05) is 72.8 Å². The highest BCUT2D eigenvalue weighted by Gasteiger charge is 2.13. The van der Waals surface area contributed by atoms with Gasteiger partial charge in [0, 0.05) is 26.9 Å². The number of thioether (sulfide) groups is 1. The molecule has 0 saturated heterocycles. The zero-order valence-electron chi connectivity index (χ0n) is 15.7. The SMILES string of the molecule is O=C(Nc1ccccc1)Nc1nnc(-c2ccccc2SCc2ccc(Cl)cc2)s1. The van der Waals surface area contributed by atoms with Gasteiger partial charge in [-0.25, -0.2) is 4.79 Å². The van der Waals surface area contributed by atoms with Crippen LogP contribution in [-0.2, 0) is 5.75 Å². The van der Waals surface area contributed by atoms with E-state index in [9.17, 15) is 4.79 Å². The Kier molecular flexibility index (Phi) is 6.63. The Morgan fingerprint density at radius 2 is 1.63 bits per heavy atom. The number of anilines is 2. The zero-order chi connectivity index (χ0) is 20.8. The molecule has 1 aromatic heterocycles. The third kappa shape index (κ3) is 5.38. The van der Waals surface area contributed by atoms with Gasteiger partial charge in [-0.3, -0.25) is 5.32 Å². The number of carbonyl (C=O) groups excluding carboxylic acids is 1. The van der Waals surface area contributed by atoms with Gasteiger partial charge in [0.2, 0.25) is 5.13 Å². The van der Waals surface area contributed by atoms with Crippen LogP contribution in [-0.4, -0.2) is 16.2 Å². The highest BCUT2D eigenvalue weighted by molar-refractivity contribution is 7.98. The number of amides is 2. The van der Waals surface area contributed by atoms with E-state index >= 15 is 0 Å². The summed E-state index contributed by atoms with van der Waals surface area (Å²) in [5, 5.41) is 15.8. The van der Waals surface area contributed by atoms with Crippen molar-refractivity contribution in [3.8, 4) is 10.6 Å². The van der Waals surface area contributed by atoms with Crippen molar-refractivity contribution in [3.63, 3.8) is 0 Å². The van der Waals surface area contributed by atoms with Crippen LogP contribution in [0.25, 0.3) is 10.6 Å². The molecule has 150 valence electrons. The molecule has 8 heteroatoms. The predicted molar refractivity (Wildman–Crippen MR) is 125 cm³/mol. The average Bonchev–Trinajstić information content (AvgIpc) is 3.22. The lowest BCUT2D eigenvalue weighted by molar-refractivity contribution is 0.262. The Bertz CT molecular complexity index is 1130. The first-order chi connectivity index (χ1) is 14.7. The standard InChI is InChI=1S/C22H17ClN4OS2/c23-16-12-10-15(11-13-16)14-29-19-9-5-4-8-18(19)20-26-27-22(30-20)25-21(28)24-17-6-2-1-3-7-17/h1-13H,14H2,(H2,24,25,27,28). The van der Waals surface area contributed by atoms with E-state index in [-0.39, 0.29) is 6.03 Å². The molecule has 3 aromatic carbocycles. The Morgan fingerprint density at radius 1 is 0.900 bits per heavy atom. The second kappa shape index (κ2) is 9.75. The summed E-state index contributed by atoms with van der Waals surface area (Å²) >= 11 is 9.02. The Morgan fingerprint density at radius 3 is 2.43 bits per heavy atom. The van der Waals surface area contributed by atoms with Gasteiger partial charge in [0.25, 0.3) is 0 Å². The lowest BCUT2D eigenvalue weighted by Crippen LogP contribution is -2.19. The fraction of sp³-hybridized carbons (Fsp3) is 0.0455. The number of hydrogen-bond acceptors (Lipinski definition) is 5. The van der Waals surface area contributed by atoms with Crippen LogP contribution in [0.4, 0.5) is 15.6 Å². The molecule has 0 radical (unpaired) electrons. The number of nitrogens with one attached hydrogen (secondary N) is 2. The van der Waals surface area contributed by atoms with Crippen LogP contribution in [0.5, 0.6) is 0 Å². The van der Waals surface area contributed by atoms with Crippen molar-refractivity contribution in [2.75, 3.05) is 10.6 Å². The molecule has 5 nitrogen and oxygen atoms in total. The molecule has 0 atom stereocenters. The largest absolute Gasteiger partial charge is 0.325 e. The quantitative estimate of drug-likeness (QED) is 0.316. The van der Waals surface area contributed by atoms with Crippen LogP contribution in [0.2, 0.25) is 5.02 Å². The maximum atomic E-state index is 12.2. The van der Waals surface area contributed by atoms with Crippen LogP contribution in [0.15, 0.2) is 83.8 Å². The van der Waals surface area contributed by atoms with Crippen LogP contribution in [0.3, 0.4) is 0 Å². The van der Waals surface area contributed by atoms with Gasteiger partial charge in [0.1, 0.15) is 0 Å². The zero-order valence-corrected chi connectivity index (χ0v) is 18.1. The Labute approximate surface area is 187 Å². The summed E-state index contributed by atoms with van der Waals surface area (Å²) in [7, 11) is 0. The molecule has 2 amide bonds. The molecule has 4 rings (SSSR count). The first-order valence-corrected chi connectivity index (χ1v) is 11.3. The van der Waals surface area contributed by atoms with Crippen LogP contribution in [0, 0.1) is 0 Å². The van der Waals surface area contributed by atoms with E-state index < -0.39 is 0 Å². The molecule has 30 heavy (non-hydrogen) atoms.